The minimum absolute atomic E-state index is 0.158. The van der Waals surface area contributed by atoms with E-state index >= 15 is 0 Å². The van der Waals surface area contributed by atoms with Gasteiger partial charge in [-0.05, 0) is 42.8 Å². The lowest BCUT2D eigenvalue weighted by Gasteiger charge is -2.15. The summed E-state index contributed by atoms with van der Waals surface area (Å²) < 4.78 is 11.4. The fourth-order valence-electron chi connectivity index (χ4n) is 2.57. The molecule has 0 bridgehead atoms. The third-order valence-corrected chi connectivity index (χ3v) is 4.51. The molecule has 3 rings (SSSR count). The summed E-state index contributed by atoms with van der Waals surface area (Å²) in [5.74, 6) is -0.654. The van der Waals surface area contributed by atoms with E-state index < -0.39 is 17.8 Å². The Balaban J connectivity index is 1.87. The van der Waals surface area contributed by atoms with Gasteiger partial charge in [-0.15, -0.1) is 0 Å². The smallest absolute Gasteiger partial charge is 0.328 e. The second kappa shape index (κ2) is 8.98. The molecular weight excluding hydrogens is 419 g/mol. The highest BCUT2D eigenvalue weighted by Gasteiger charge is 2.27. The average Bonchev–Trinajstić information content (AvgIpc) is 2.65. The highest BCUT2D eigenvalue weighted by Crippen LogP contribution is 2.31. The molecule has 0 aromatic heterocycles. The van der Waals surface area contributed by atoms with Gasteiger partial charge in [0.1, 0.15) is 12.2 Å². The van der Waals surface area contributed by atoms with E-state index in [1.54, 1.807) is 36.4 Å². The van der Waals surface area contributed by atoms with Crippen LogP contribution in [0.1, 0.15) is 18.1 Å². The molecule has 1 fully saturated rings. The number of amides is 4. The van der Waals surface area contributed by atoms with Crippen LogP contribution in [0.4, 0.5) is 4.79 Å². The highest BCUT2D eigenvalue weighted by atomic mass is 35.5. The van der Waals surface area contributed by atoms with Gasteiger partial charge in [-0.3, -0.25) is 20.2 Å². The lowest BCUT2D eigenvalue weighted by molar-refractivity contribution is -0.123. The molecule has 0 spiro atoms. The standard InChI is InChI=1S/C20H16Cl2N2O5/c1-2-28-16-6-3-11(7-14-18(25)23-20(27)24-19(14)26)8-17(16)29-10-12-4-5-13(21)9-15(12)22/h3-9H,2,10H2,1H3,(H2,23,24,25,26,27). The Kier molecular flexibility index (Phi) is 6.41. The van der Waals surface area contributed by atoms with Gasteiger partial charge in [-0.25, -0.2) is 4.79 Å². The van der Waals surface area contributed by atoms with Crippen molar-refractivity contribution in [1.82, 2.24) is 10.6 Å². The third kappa shape index (κ3) is 5.07. The van der Waals surface area contributed by atoms with Crippen LogP contribution >= 0.6 is 23.2 Å². The van der Waals surface area contributed by atoms with E-state index in [1.807, 2.05) is 17.6 Å². The lowest BCUT2D eigenvalue weighted by atomic mass is 10.1. The van der Waals surface area contributed by atoms with Crippen LogP contribution in [-0.4, -0.2) is 24.5 Å². The molecule has 0 aliphatic carbocycles. The summed E-state index contributed by atoms with van der Waals surface area (Å²) in [5, 5.41) is 5.03. The van der Waals surface area contributed by atoms with Crippen LogP contribution in [0, 0.1) is 0 Å². The Hall–Kier alpha value is -3.03. The molecule has 2 N–H and O–H groups in total. The molecule has 0 unspecified atom stereocenters. The molecule has 29 heavy (non-hydrogen) atoms. The number of urea groups is 1. The van der Waals surface area contributed by atoms with E-state index in [-0.39, 0.29) is 12.2 Å². The van der Waals surface area contributed by atoms with E-state index in [2.05, 4.69) is 0 Å². The van der Waals surface area contributed by atoms with Crippen molar-refractivity contribution in [2.45, 2.75) is 13.5 Å². The lowest BCUT2D eigenvalue weighted by Crippen LogP contribution is -2.51. The first-order valence-corrected chi connectivity index (χ1v) is 9.35. The Morgan fingerprint density at radius 1 is 0.931 bits per heavy atom. The van der Waals surface area contributed by atoms with Gasteiger partial charge in [-0.2, -0.15) is 0 Å². The van der Waals surface area contributed by atoms with Gasteiger partial charge in [0.15, 0.2) is 11.5 Å². The highest BCUT2D eigenvalue weighted by molar-refractivity contribution is 6.35. The van der Waals surface area contributed by atoms with Crippen molar-refractivity contribution in [2.75, 3.05) is 6.61 Å². The summed E-state index contributed by atoms with van der Waals surface area (Å²) in [5.41, 5.74) is 1.05. The summed E-state index contributed by atoms with van der Waals surface area (Å²) in [4.78, 5) is 35.0. The largest absolute Gasteiger partial charge is 0.490 e. The van der Waals surface area contributed by atoms with Crippen LogP contribution in [-0.2, 0) is 16.2 Å². The number of imide groups is 2. The first kappa shape index (κ1) is 20.7. The molecule has 1 heterocycles. The van der Waals surface area contributed by atoms with E-state index in [4.69, 9.17) is 32.7 Å². The number of carbonyl (C=O) groups excluding carboxylic acids is 3. The van der Waals surface area contributed by atoms with E-state index in [1.165, 1.54) is 6.08 Å². The predicted molar refractivity (Wildman–Crippen MR) is 108 cm³/mol. The summed E-state index contributed by atoms with van der Waals surface area (Å²) >= 11 is 12.1. The number of barbiturate groups is 1. The molecule has 2 aromatic rings. The van der Waals surface area contributed by atoms with Crippen molar-refractivity contribution in [3.8, 4) is 11.5 Å². The maximum Gasteiger partial charge on any atom is 0.328 e. The second-order valence-electron chi connectivity index (χ2n) is 5.96. The minimum atomic E-state index is -0.854. The van der Waals surface area contributed by atoms with Crippen molar-refractivity contribution < 1.29 is 23.9 Å². The molecule has 1 aliphatic heterocycles. The maximum atomic E-state index is 11.9. The maximum absolute atomic E-state index is 11.9. The topological polar surface area (TPSA) is 93.7 Å². The zero-order valence-electron chi connectivity index (χ0n) is 15.3. The molecule has 0 atom stereocenters. The number of nitrogens with one attached hydrogen (secondary N) is 2. The molecule has 7 nitrogen and oxygen atoms in total. The molecule has 0 saturated carbocycles. The molecule has 9 heteroatoms. The van der Waals surface area contributed by atoms with Crippen LogP contribution in [0.3, 0.4) is 0 Å². The van der Waals surface area contributed by atoms with E-state index in [0.29, 0.717) is 33.7 Å². The molecule has 150 valence electrons. The summed E-state index contributed by atoms with van der Waals surface area (Å²) in [6.45, 7) is 2.42. The van der Waals surface area contributed by atoms with Crippen LogP contribution in [0.25, 0.3) is 6.08 Å². The van der Waals surface area contributed by atoms with Gasteiger partial charge in [0.2, 0.25) is 0 Å². The Bertz CT molecular complexity index is 998. The monoisotopic (exact) mass is 434 g/mol. The Morgan fingerprint density at radius 3 is 2.31 bits per heavy atom. The van der Waals surface area contributed by atoms with Gasteiger partial charge < -0.3 is 9.47 Å². The summed E-state index contributed by atoms with van der Waals surface area (Å²) in [6, 6.07) is 9.18. The first-order chi connectivity index (χ1) is 13.9. The minimum Gasteiger partial charge on any atom is -0.490 e. The van der Waals surface area contributed by atoms with Crippen molar-refractivity contribution in [1.29, 1.82) is 0 Å². The fraction of sp³-hybridized carbons (Fsp3) is 0.150. The average molecular weight is 435 g/mol. The van der Waals surface area contributed by atoms with E-state index in [9.17, 15) is 14.4 Å². The molecule has 2 aromatic carbocycles. The molecule has 4 amide bonds. The van der Waals surface area contributed by atoms with Gasteiger partial charge in [0.05, 0.1) is 6.61 Å². The first-order valence-electron chi connectivity index (χ1n) is 8.59. The van der Waals surface area contributed by atoms with Gasteiger partial charge in [0.25, 0.3) is 11.8 Å². The van der Waals surface area contributed by atoms with Crippen LogP contribution < -0.4 is 20.1 Å². The third-order valence-electron chi connectivity index (χ3n) is 3.92. The summed E-state index contributed by atoms with van der Waals surface area (Å²) in [6.07, 6.45) is 1.36. The molecular formula is C20H16Cl2N2O5. The number of benzene rings is 2. The van der Waals surface area contributed by atoms with Crippen LogP contribution in [0.2, 0.25) is 10.0 Å². The second-order valence-corrected chi connectivity index (χ2v) is 6.80. The van der Waals surface area contributed by atoms with Crippen molar-refractivity contribution >= 4 is 47.1 Å². The van der Waals surface area contributed by atoms with E-state index in [0.717, 1.165) is 5.56 Å². The summed E-state index contributed by atoms with van der Waals surface area (Å²) in [7, 11) is 0. The van der Waals surface area contributed by atoms with Gasteiger partial charge in [-0.1, -0.05) is 35.3 Å². The number of hydrogen-bond acceptors (Lipinski definition) is 5. The normalized spacial score (nSPS) is 13.6. The quantitative estimate of drug-likeness (QED) is 0.533. The SMILES string of the molecule is CCOc1ccc(C=C2C(=O)NC(=O)NC2=O)cc1OCc1ccc(Cl)cc1Cl. The van der Waals surface area contributed by atoms with Crippen LogP contribution in [0.5, 0.6) is 11.5 Å². The molecule has 1 saturated heterocycles. The predicted octanol–water partition coefficient (Wildman–Crippen LogP) is 3.72. The van der Waals surface area contributed by atoms with Crippen LogP contribution in [0.15, 0.2) is 42.0 Å². The van der Waals surface area contributed by atoms with Gasteiger partial charge >= 0.3 is 6.03 Å². The Labute approximate surface area is 176 Å². The van der Waals surface area contributed by atoms with Crippen molar-refractivity contribution in [3.63, 3.8) is 0 Å². The number of ether oxygens (including phenoxy) is 2. The Morgan fingerprint density at radius 2 is 1.66 bits per heavy atom. The number of rotatable bonds is 6. The van der Waals surface area contributed by atoms with Crippen molar-refractivity contribution in [2.24, 2.45) is 0 Å². The number of carbonyl (C=O) groups is 3. The molecule has 1 aliphatic rings. The molecule has 0 radical (unpaired) electrons. The van der Waals surface area contributed by atoms with Gasteiger partial charge in [0, 0.05) is 15.6 Å². The van der Waals surface area contributed by atoms with Crippen molar-refractivity contribution in [3.05, 3.63) is 63.1 Å². The number of halogens is 2. The number of hydrogen-bond donors (Lipinski definition) is 2. The zero-order valence-corrected chi connectivity index (χ0v) is 16.8. The fourth-order valence-corrected chi connectivity index (χ4v) is 3.03. The zero-order chi connectivity index (χ0) is 21.0.